The summed E-state index contributed by atoms with van der Waals surface area (Å²) in [5.74, 6) is -1.28. The summed E-state index contributed by atoms with van der Waals surface area (Å²) in [5.41, 5.74) is 1.78. The van der Waals surface area contributed by atoms with Crippen molar-refractivity contribution in [3.63, 3.8) is 0 Å². The molecule has 142 valence electrons. The molecule has 0 aromatic heterocycles. The second-order valence-corrected chi connectivity index (χ2v) is 6.91. The van der Waals surface area contributed by atoms with Gasteiger partial charge in [0.05, 0.1) is 5.69 Å². The van der Waals surface area contributed by atoms with Crippen molar-refractivity contribution >= 4 is 40.7 Å². The number of carbonyl (C=O) groups excluding carboxylic acids is 3. The summed E-state index contributed by atoms with van der Waals surface area (Å²) < 4.78 is 0. The first-order valence-electron chi connectivity index (χ1n) is 8.62. The number of anilines is 2. The van der Waals surface area contributed by atoms with Crippen LogP contribution in [0.15, 0.2) is 58.9 Å². The van der Waals surface area contributed by atoms with E-state index < -0.39 is 23.9 Å². The number of hydrogen-bond acceptors (Lipinski definition) is 6. The number of para-hydroxylation sites is 1. The van der Waals surface area contributed by atoms with Crippen molar-refractivity contribution in [1.29, 1.82) is 0 Å². The highest BCUT2D eigenvalue weighted by Crippen LogP contribution is 2.31. The highest BCUT2D eigenvalue weighted by molar-refractivity contribution is 6.31. The molecule has 2 aromatic rings. The molecule has 0 radical (unpaired) electrons. The van der Waals surface area contributed by atoms with Crippen LogP contribution >= 0.6 is 11.6 Å². The summed E-state index contributed by atoms with van der Waals surface area (Å²) in [5, 5.41) is 12.3. The molecule has 2 aromatic carbocycles. The molecule has 8 nitrogen and oxygen atoms in total. The van der Waals surface area contributed by atoms with Crippen LogP contribution in [0.3, 0.4) is 0 Å². The minimum atomic E-state index is -0.937. The third kappa shape index (κ3) is 3.01. The minimum Gasteiger partial charge on any atom is -0.324 e. The molecule has 9 heteroatoms. The Hall–Kier alpha value is -3.26. The van der Waals surface area contributed by atoms with E-state index in [-0.39, 0.29) is 12.5 Å². The van der Waals surface area contributed by atoms with E-state index >= 15 is 0 Å². The largest absolute Gasteiger partial charge is 0.324 e. The van der Waals surface area contributed by atoms with E-state index in [1.165, 1.54) is 5.01 Å². The van der Waals surface area contributed by atoms with Crippen molar-refractivity contribution in [3.05, 3.63) is 59.1 Å². The fourth-order valence-electron chi connectivity index (χ4n) is 3.27. The maximum absolute atomic E-state index is 12.8. The summed E-state index contributed by atoms with van der Waals surface area (Å²) in [7, 11) is 0. The lowest BCUT2D eigenvalue weighted by Gasteiger charge is -2.20. The van der Waals surface area contributed by atoms with Crippen LogP contribution in [0.1, 0.15) is 5.56 Å². The van der Waals surface area contributed by atoms with Crippen LogP contribution in [-0.2, 0) is 14.4 Å². The number of halogens is 1. The number of carbonyl (C=O) groups is 3. The molecule has 0 spiro atoms. The summed E-state index contributed by atoms with van der Waals surface area (Å²) in [6.07, 6.45) is 0. The molecule has 0 unspecified atom stereocenters. The molecule has 2 aliphatic heterocycles. The highest BCUT2D eigenvalue weighted by atomic mass is 35.5. The lowest BCUT2D eigenvalue weighted by atomic mass is 10.1. The van der Waals surface area contributed by atoms with Crippen LogP contribution < -0.4 is 10.2 Å². The van der Waals surface area contributed by atoms with Crippen molar-refractivity contribution in [3.8, 4) is 0 Å². The Labute approximate surface area is 165 Å². The summed E-state index contributed by atoms with van der Waals surface area (Å²) >= 11 is 6.07. The van der Waals surface area contributed by atoms with Crippen molar-refractivity contribution in [1.82, 2.24) is 5.01 Å². The summed E-state index contributed by atoms with van der Waals surface area (Å²) in [6, 6.07) is 12.0. The van der Waals surface area contributed by atoms with Gasteiger partial charge >= 0.3 is 0 Å². The topological polar surface area (TPSA) is 94.4 Å². The first-order chi connectivity index (χ1) is 13.5. The zero-order valence-corrected chi connectivity index (χ0v) is 15.6. The predicted octanol–water partition coefficient (Wildman–Crippen LogP) is 2.58. The van der Waals surface area contributed by atoms with E-state index in [2.05, 4.69) is 15.7 Å². The van der Waals surface area contributed by atoms with E-state index in [1.807, 2.05) is 0 Å². The van der Waals surface area contributed by atoms with Gasteiger partial charge in [0.25, 0.3) is 11.8 Å². The Morgan fingerprint density at radius 1 is 1.11 bits per heavy atom. The highest BCUT2D eigenvalue weighted by Gasteiger charge is 2.55. The number of amides is 3. The number of nitrogens with zero attached hydrogens (tertiary/aromatic N) is 4. The average Bonchev–Trinajstić information content (AvgIpc) is 3.20. The molecule has 2 atom stereocenters. The van der Waals surface area contributed by atoms with Gasteiger partial charge in [-0.3, -0.25) is 19.4 Å². The third-order valence-corrected chi connectivity index (χ3v) is 5.13. The summed E-state index contributed by atoms with van der Waals surface area (Å²) in [6.45, 7) is 1.58. The van der Waals surface area contributed by atoms with E-state index in [4.69, 9.17) is 11.6 Å². The van der Waals surface area contributed by atoms with Gasteiger partial charge in [0.1, 0.15) is 6.54 Å². The van der Waals surface area contributed by atoms with Crippen molar-refractivity contribution in [2.24, 2.45) is 10.3 Å². The van der Waals surface area contributed by atoms with Gasteiger partial charge in [-0.2, -0.15) is 5.11 Å². The number of hydrogen-bond donors (Lipinski definition) is 1. The smallest absolute Gasteiger partial charge is 0.263 e. The second kappa shape index (κ2) is 7.05. The molecular formula is C19H16ClN5O3. The van der Waals surface area contributed by atoms with Crippen molar-refractivity contribution in [2.45, 2.75) is 19.0 Å². The normalized spacial score (nSPS) is 20.6. The molecule has 4 rings (SSSR count). The van der Waals surface area contributed by atoms with Gasteiger partial charge in [-0.05, 0) is 36.8 Å². The third-order valence-electron chi connectivity index (χ3n) is 4.72. The first kappa shape index (κ1) is 18.1. The Balaban J connectivity index is 1.49. The maximum Gasteiger partial charge on any atom is 0.263 e. The molecule has 0 saturated carbocycles. The Kier molecular flexibility index (Phi) is 4.56. The maximum atomic E-state index is 12.8. The van der Waals surface area contributed by atoms with Gasteiger partial charge in [0.15, 0.2) is 12.1 Å². The van der Waals surface area contributed by atoms with Crippen LogP contribution in [-0.4, -0.2) is 41.4 Å². The van der Waals surface area contributed by atoms with Crippen LogP contribution in [0.2, 0.25) is 5.02 Å². The van der Waals surface area contributed by atoms with Crippen LogP contribution in [0.5, 0.6) is 0 Å². The zero-order valence-electron chi connectivity index (χ0n) is 14.9. The molecule has 1 saturated heterocycles. The SMILES string of the molecule is Cc1c(Cl)cccc1NC(=O)CN1N=N[C@@H]2C(=O)N(c3ccccc3)C(=O)[C@H]21. The molecule has 2 aliphatic rings. The van der Waals surface area contributed by atoms with Gasteiger partial charge in [0, 0.05) is 10.7 Å². The Morgan fingerprint density at radius 3 is 2.61 bits per heavy atom. The van der Waals surface area contributed by atoms with Gasteiger partial charge in [0.2, 0.25) is 5.91 Å². The average molecular weight is 398 g/mol. The van der Waals surface area contributed by atoms with E-state index in [1.54, 1.807) is 55.5 Å². The molecule has 1 fully saturated rings. The molecule has 0 aliphatic carbocycles. The standard InChI is InChI=1S/C19H16ClN5O3/c1-11-13(20)8-5-9-14(11)21-15(26)10-24-17-16(22-23-24)18(27)25(19(17)28)12-6-3-2-4-7-12/h2-9,16-17H,10H2,1H3,(H,21,26)/t16-,17-/m0/s1. The molecule has 1 N–H and O–H groups in total. The van der Waals surface area contributed by atoms with Crippen molar-refractivity contribution < 1.29 is 14.4 Å². The van der Waals surface area contributed by atoms with E-state index in [9.17, 15) is 14.4 Å². The van der Waals surface area contributed by atoms with Crippen LogP contribution in [0, 0.1) is 6.92 Å². The lowest BCUT2D eigenvalue weighted by molar-refractivity contribution is -0.123. The van der Waals surface area contributed by atoms with Gasteiger partial charge in [-0.1, -0.05) is 41.1 Å². The number of rotatable bonds is 4. The van der Waals surface area contributed by atoms with Crippen molar-refractivity contribution in [2.75, 3.05) is 16.8 Å². The lowest BCUT2D eigenvalue weighted by Crippen LogP contribution is -2.43. The second-order valence-electron chi connectivity index (χ2n) is 6.50. The minimum absolute atomic E-state index is 0.210. The van der Waals surface area contributed by atoms with Gasteiger partial charge < -0.3 is 5.32 Å². The molecule has 28 heavy (non-hydrogen) atoms. The Bertz CT molecular complexity index is 994. The van der Waals surface area contributed by atoms with E-state index in [0.717, 1.165) is 10.5 Å². The monoisotopic (exact) mass is 397 g/mol. The molecule has 2 heterocycles. The Morgan fingerprint density at radius 2 is 1.86 bits per heavy atom. The first-order valence-corrected chi connectivity index (χ1v) is 9.00. The molecule has 3 amide bonds. The van der Waals surface area contributed by atoms with Gasteiger partial charge in [-0.15, -0.1) is 0 Å². The van der Waals surface area contributed by atoms with Crippen LogP contribution in [0.4, 0.5) is 11.4 Å². The molecule has 0 bridgehead atoms. The number of nitrogens with one attached hydrogen (secondary N) is 1. The fraction of sp³-hybridized carbons (Fsp3) is 0.211. The fourth-order valence-corrected chi connectivity index (χ4v) is 3.44. The summed E-state index contributed by atoms with van der Waals surface area (Å²) in [4.78, 5) is 39.0. The predicted molar refractivity (Wildman–Crippen MR) is 103 cm³/mol. The van der Waals surface area contributed by atoms with E-state index in [0.29, 0.717) is 16.4 Å². The quantitative estimate of drug-likeness (QED) is 0.802. The van der Waals surface area contributed by atoms with Gasteiger partial charge in [-0.25, -0.2) is 4.90 Å². The zero-order chi connectivity index (χ0) is 19.8. The molecular weight excluding hydrogens is 382 g/mol. The number of imide groups is 1. The number of benzene rings is 2. The van der Waals surface area contributed by atoms with Crippen LogP contribution in [0.25, 0.3) is 0 Å². The number of fused-ring (bicyclic) bond motifs is 1.